The van der Waals surface area contributed by atoms with Gasteiger partial charge in [-0.1, -0.05) is 42.5 Å². The molecule has 7 heteroatoms. The minimum atomic E-state index is -3.75. The molecule has 0 fully saturated rings. The Balaban J connectivity index is 1.72. The zero-order valence-electron chi connectivity index (χ0n) is 14.2. The molecule has 0 unspecified atom stereocenters. The third kappa shape index (κ3) is 4.71. The number of carbonyl (C=O) groups excluding carboxylic acids is 1. The van der Waals surface area contributed by atoms with Crippen LogP contribution in [0.1, 0.15) is 15.9 Å². The number of nitrogens with one attached hydrogen (secondary N) is 2. The second kappa shape index (κ2) is 8.01. The average Bonchev–Trinajstić information content (AvgIpc) is 2.68. The van der Waals surface area contributed by atoms with Gasteiger partial charge in [0.15, 0.2) is 0 Å². The predicted octanol–water partition coefficient (Wildman–Crippen LogP) is 3.56. The SMILES string of the molecule is O=C(NCc1ccccc1F)c1cccc(NS(=O)(=O)c2ccccc2)c1. The molecule has 0 bridgehead atoms. The average molecular weight is 384 g/mol. The molecule has 0 heterocycles. The highest BCUT2D eigenvalue weighted by molar-refractivity contribution is 7.92. The summed E-state index contributed by atoms with van der Waals surface area (Å²) in [6, 6.07) is 20.2. The van der Waals surface area contributed by atoms with Crippen LogP contribution in [0.3, 0.4) is 0 Å². The van der Waals surface area contributed by atoms with Gasteiger partial charge in [0.05, 0.1) is 4.90 Å². The first-order valence-corrected chi connectivity index (χ1v) is 9.63. The van der Waals surface area contributed by atoms with Crippen molar-refractivity contribution >= 4 is 21.6 Å². The molecule has 2 N–H and O–H groups in total. The van der Waals surface area contributed by atoms with Crippen LogP contribution >= 0.6 is 0 Å². The van der Waals surface area contributed by atoms with Gasteiger partial charge in [-0.3, -0.25) is 9.52 Å². The van der Waals surface area contributed by atoms with Crippen molar-refractivity contribution in [2.24, 2.45) is 0 Å². The van der Waals surface area contributed by atoms with E-state index in [2.05, 4.69) is 10.0 Å². The van der Waals surface area contributed by atoms with E-state index in [1.807, 2.05) is 0 Å². The normalized spacial score (nSPS) is 11.0. The van der Waals surface area contributed by atoms with Crippen LogP contribution in [-0.2, 0) is 16.6 Å². The Hall–Kier alpha value is -3.19. The van der Waals surface area contributed by atoms with Crippen LogP contribution in [0.5, 0.6) is 0 Å². The van der Waals surface area contributed by atoms with Gasteiger partial charge in [0.25, 0.3) is 15.9 Å². The van der Waals surface area contributed by atoms with Crippen LogP contribution in [0.2, 0.25) is 0 Å². The molecule has 3 rings (SSSR count). The number of hydrogen-bond donors (Lipinski definition) is 2. The molecule has 0 spiro atoms. The van der Waals surface area contributed by atoms with Gasteiger partial charge in [-0.15, -0.1) is 0 Å². The molecule has 0 aromatic heterocycles. The third-order valence-corrected chi connectivity index (χ3v) is 5.22. The Bertz CT molecular complexity index is 1050. The molecule has 5 nitrogen and oxygen atoms in total. The summed E-state index contributed by atoms with van der Waals surface area (Å²) < 4.78 is 40.8. The van der Waals surface area contributed by atoms with Crippen molar-refractivity contribution in [1.29, 1.82) is 0 Å². The third-order valence-electron chi connectivity index (χ3n) is 3.83. The number of anilines is 1. The Kier molecular flexibility index (Phi) is 5.52. The molecule has 0 saturated carbocycles. The van der Waals surface area contributed by atoms with E-state index in [9.17, 15) is 17.6 Å². The summed E-state index contributed by atoms with van der Waals surface area (Å²) >= 11 is 0. The minimum absolute atomic E-state index is 0.0332. The van der Waals surface area contributed by atoms with E-state index < -0.39 is 21.7 Å². The quantitative estimate of drug-likeness (QED) is 0.682. The zero-order chi connectivity index (χ0) is 19.3. The summed E-state index contributed by atoms with van der Waals surface area (Å²) in [5, 5.41) is 2.62. The number of amides is 1. The standard InChI is InChI=1S/C20H17FN2O3S/c21-19-12-5-4-7-16(19)14-22-20(24)15-8-6-9-17(13-15)23-27(25,26)18-10-2-1-3-11-18/h1-13,23H,14H2,(H,22,24). The summed E-state index contributed by atoms with van der Waals surface area (Å²) in [5.41, 5.74) is 0.892. The number of benzene rings is 3. The molecule has 1 amide bonds. The molecular formula is C20H17FN2O3S. The van der Waals surface area contributed by atoms with Gasteiger partial charge in [0.2, 0.25) is 0 Å². The van der Waals surface area contributed by atoms with Crippen molar-refractivity contribution in [1.82, 2.24) is 5.32 Å². The molecular weight excluding hydrogens is 367 g/mol. The summed E-state index contributed by atoms with van der Waals surface area (Å²) in [4.78, 5) is 12.4. The number of halogens is 1. The second-order valence-electron chi connectivity index (χ2n) is 5.77. The first-order chi connectivity index (χ1) is 13.0. The number of rotatable bonds is 6. The molecule has 3 aromatic rings. The van der Waals surface area contributed by atoms with Gasteiger partial charge in [0.1, 0.15) is 5.82 Å². The largest absolute Gasteiger partial charge is 0.348 e. The molecule has 0 aliphatic rings. The van der Waals surface area contributed by atoms with Crippen LogP contribution in [0, 0.1) is 5.82 Å². The van der Waals surface area contributed by atoms with Crippen LogP contribution in [0.15, 0.2) is 83.8 Å². The summed E-state index contributed by atoms with van der Waals surface area (Å²) in [5.74, 6) is -0.832. The number of carbonyl (C=O) groups is 1. The van der Waals surface area contributed by atoms with Crippen LogP contribution in [0.25, 0.3) is 0 Å². The van der Waals surface area contributed by atoms with Crippen molar-refractivity contribution in [2.75, 3.05) is 4.72 Å². The molecule has 0 aliphatic carbocycles. The molecule has 138 valence electrons. The minimum Gasteiger partial charge on any atom is -0.348 e. The lowest BCUT2D eigenvalue weighted by molar-refractivity contribution is 0.0950. The zero-order valence-corrected chi connectivity index (χ0v) is 15.0. The Morgan fingerprint density at radius 2 is 1.59 bits per heavy atom. The van der Waals surface area contributed by atoms with E-state index in [1.165, 1.54) is 24.3 Å². The van der Waals surface area contributed by atoms with Gasteiger partial charge in [-0.05, 0) is 36.4 Å². The highest BCUT2D eigenvalue weighted by Crippen LogP contribution is 2.17. The fourth-order valence-corrected chi connectivity index (χ4v) is 3.53. The van der Waals surface area contributed by atoms with E-state index in [1.54, 1.807) is 54.6 Å². The Morgan fingerprint density at radius 1 is 0.889 bits per heavy atom. The van der Waals surface area contributed by atoms with Gasteiger partial charge < -0.3 is 5.32 Å². The number of hydrogen-bond acceptors (Lipinski definition) is 3. The van der Waals surface area contributed by atoms with Crippen molar-refractivity contribution in [2.45, 2.75) is 11.4 Å². The van der Waals surface area contributed by atoms with E-state index in [-0.39, 0.29) is 22.7 Å². The lowest BCUT2D eigenvalue weighted by Crippen LogP contribution is -2.23. The molecule has 27 heavy (non-hydrogen) atoms. The smallest absolute Gasteiger partial charge is 0.261 e. The van der Waals surface area contributed by atoms with Crippen molar-refractivity contribution in [3.63, 3.8) is 0 Å². The molecule has 3 aromatic carbocycles. The van der Waals surface area contributed by atoms with Gasteiger partial charge in [0, 0.05) is 23.4 Å². The van der Waals surface area contributed by atoms with Gasteiger partial charge in [-0.2, -0.15) is 0 Å². The lowest BCUT2D eigenvalue weighted by atomic mass is 10.1. The second-order valence-corrected chi connectivity index (χ2v) is 7.46. The van der Waals surface area contributed by atoms with E-state index >= 15 is 0 Å². The maximum absolute atomic E-state index is 13.6. The van der Waals surface area contributed by atoms with Crippen LogP contribution in [-0.4, -0.2) is 14.3 Å². The summed E-state index contributed by atoms with van der Waals surface area (Å²) in [6.45, 7) is 0.0332. The lowest BCUT2D eigenvalue weighted by Gasteiger charge is -2.10. The van der Waals surface area contributed by atoms with Crippen molar-refractivity contribution < 1.29 is 17.6 Å². The first kappa shape index (κ1) is 18.6. The maximum atomic E-state index is 13.6. The molecule has 0 radical (unpaired) electrons. The fraction of sp³-hybridized carbons (Fsp3) is 0.0500. The topological polar surface area (TPSA) is 75.3 Å². The Morgan fingerprint density at radius 3 is 2.33 bits per heavy atom. The first-order valence-electron chi connectivity index (χ1n) is 8.15. The van der Waals surface area contributed by atoms with E-state index in [0.717, 1.165) is 0 Å². The van der Waals surface area contributed by atoms with Gasteiger partial charge in [-0.25, -0.2) is 12.8 Å². The van der Waals surface area contributed by atoms with Crippen molar-refractivity contribution in [3.05, 3.63) is 95.8 Å². The highest BCUT2D eigenvalue weighted by atomic mass is 32.2. The van der Waals surface area contributed by atoms with E-state index in [0.29, 0.717) is 5.56 Å². The maximum Gasteiger partial charge on any atom is 0.261 e. The molecule has 0 aliphatic heterocycles. The molecule has 0 saturated heterocycles. The highest BCUT2D eigenvalue weighted by Gasteiger charge is 2.14. The van der Waals surface area contributed by atoms with Gasteiger partial charge >= 0.3 is 0 Å². The van der Waals surface area contributed by atoms with Crippen LogP contribution < -0.4 is 10.0 Å². The summed E-state index contributed by atoms with van der Waals surface area (Å²) in [7, 11) is -3.75. The monoisotopic (exact) mass is 384 g/mol. The van der Waals surface area contributed by atoms with Crippen molar-refractivity contribution in [3.8, 4) is 0 Å². The predicted molar refractivity (Wildman–Crippen MR) is 101 cm³/mol. The molecule has 0 atom stereocenters. The Labute approximate surface area is 156 Å². The van der Waals surface area contributed by atoms with E-state index in [4.69, 9.17) is 0 Å². The number of sulfonamides is 1. The summed E-state index contributed by atoms with van der Waals surface area (Å²) in [6.07, 6.45) is 0. The van der Waals surface area contributed by atoms with Crippen LogP contribution in [0.4, 0.5) is 10.1 Å². The fourth-order valence-electron chi connectivity index (χ4n) is 2.46.